The second kappa shape index (κ2) is 5.53. The number of nitrogens with zero attached hydrogens (tertiary/aromatic N) is 3. The maximum atomic E-state index is 11.5. The van der Waals surface area contributed by atoms with Gasteiger partial charge in [-0.05, 0) is 18.2 Å². The summed E-state index contributed by atoms with van der Waals surface area (Å²) in [5.41, 5.74) is 8.65. The number of anilines is 1. The minimum absolute atomic E-state index is 0.128. The number of primary amides is 1. The molecule has 3 N–H and O–H groups in total. The Labute approximate surface area is 132 Å². The molecule has 0 radical (unpaired) electrons. The zero-order valence-corrected chi connectivity index (χ0v) is 12.7. The van der Waals surface area contributed by atoms with Crippen molar-refractivity contribution in [3.8, 4) is 11.3 Å². The molecular weight excluding hydrogens is 294 g/mol. The molecule has 0 fully saturated rings. The predicted octanol–water partition coefficient (Wildman–Crippen LogP) is 1.69. The second-order valence-corrected chi connectivity index (χ2v) is 5.17. The lowest BCUT2D eigenvalue weighted by Gasteiger charge is -2.05. The van der Waals surface area contributed by atoms with E-state index in [9.17, 15) is 9.59 Å². The number of hydrogen-bond acceptors (Lipinski definition) is 4. The van der Waals surface area contributed by atoms with Gasteiger partial charge in [0, 0.05) is 30.6 Å². The van der Waals surface area contributed by atoms with Gasteiger partial charge in [-0.3, -0.25) is 9.59 Å². The fraction of sp³-hybridized carbons (Fsp3) is 0.125. The van der Waals surface area contributed by atoms with Crippen LogP contribution in [0.5, 0.6) is 0 Å². The molecule has 0 bridgehead atoms. The summed E-state index contributed by atoms with van der Waals surface area (Å²) >= 11 is 0. The molecule has 0 atom stereocenters. The number of carbonyl (C=O) groups is 2. The number of nitrogens with two attached hydrogens (primary N) is 1. The first kappa shape index (κ1) is 14.7. The van der Waals surface area contributed by atoms with Crippen molar-refractivity contribution >= 4 is 28.5 Å². The van der Waals surface area contributed by atoms with E-state index in [0.717, 1.165) is 10.9 Å². The van der Waals surface area contributed by atoms with Crippen molar-refractivity contribution in [1.82, 2.24) is 14.5 Å². The second-order valence-electron chi connectivity index (χ2n) is 5.17. The molecule has 0 saturated carbocycles. The Bertz CT molecular complexity index is 912. The fourth-order valence-electron chi connectivity index (χ4n) is 2.52. The van der Waals surface area contributed by atoms with Crippen molar-refractivity contribution in [2.75, 3.05) is 5.32 Å². The number of amides is 2. The minimum Gasteiger partial charge on any atom is -0.364 e. The Morgan fingerprint density at radius 1 is 1.17 bits per heavy atom. The van der Waals surface area contributed by atoms with Gasteiger partial charge < -0.3 is 15.6 Å². The molecule has 0 aliphatic heterocycles. The molecule has 0 saturated heterocycles. The molecule has 0 unspecified atom stereocenters. The molecular formula is C16H15N5O2. The van der Waals surface area contributed by atoms with E-state index in [1.165, 1.54) is 13.3 Å². The van der Waals surface area contributed by atoms with Crippen molar-refractivity contribution < 1.29 is 9.59 Å². The quantitative estimate of drug-likeness (QED) is 0.768. The number of benzene rings is 1. The van der Waals surface area contributed by atoms with Gasteiger partial charge in [0.2, 0.25) is 5.91 Å². The Morgan fingerprint density at radius 3 is 2.48 bits per heavy atom. The SMILES string of the molecule is CC(=O)Nc1ccc(-c2ncnc3c2cc(C(N)=O)n3C)cc1. The van der Waals surface area contributed by atoms with E-state index in [-0.39, 0.29) is 5.91 Å². The van der Waals surface area contributed by atoms with Gasteiger partial charge in [0.25, 0.3) is 5.91 Å². The summed E-state index contributed by atoms with van der Waals surface area (Å²) in [6, 6.07) is 8.98. The van der Waals surface area contributed by atoms with Gasteiger partial charge in [-0.1, -0.05) is 12.1 Å². The van der Waals surface area contributed by atoms with Gasteiger partial charge in [0.1, 0.15) is 17.7 Å². The van der Waals surface area contributed by atoms with Crippen molar-refractivity contribution in [3.05, 3.63) is 42.4 Å². The van der Waals surface area contributed by atoms with Gasteiger partial charge in [-0.2, -0.15) is 0 Å². The number of nitrogens with one attached hydrogen (secondary N) is 1. The van der Waals surface area contributed by atoms with E-state index in [1.807, 2.05) is 12.1 Å². The smallest absolute Gasteiger partial charge is 0.265 e. The van der Waals surface area contributed by atoms with E-state index >= 15 is 0 Å². The Hall–Kier alpha value is -3.22. The topological polar surface area (TPSA) is 103 Å². The van der Waals surface area contributed by atoms with Gasteiger partial charge in [0.15, 0.2) is 0 Å². The first-order valence-electron chi connectivity index (χ1n) is 6.95. The van der Waals surface area contributed by atoms with Crippen LogP contribution in [0.3, 0.4) is 0 Å². The first-order chi connectivity index (χ1) is 11.0. The molecule has 2 amide bonds. The summed E-state index contributed by atoms with van der Waals surface area (Å²) in [5, 5.41) is 3.46. The largest absolute Gasteiger partial charge is 0.364 e. The molecule has 0 spiro atoms. The van der Waals surface area contributed by atoms with Crippen LogP contribution in [0.15, 0.2) is 36.7 Å². The zero-order valence-electron chi connectivity index (χ0n) is 12.7. The highest BCUT2D eigenvalue weighted by molar-refractivity contribution is 6.00. The molecule has 0 aliphatic rings. The fourth-order valence-corrected chi connectivity index (χ4v) is 2.52. The average Bonchev–Trinajstić information content (AvgIpc) is 2.85. The van der Waals surface area contributed by atoms with Gasteiger partial charge in [-0.15, -0.1) is 0 Å². The van der Waals surface area contributed by atoms with Crippen LogP contribution in [-0.4, -0.2) is 26.3 Å². The number of aromatic nitrogens is 3. The first-order valence-corrected chi connectivity index (χ1v) is 6.95. The molecule has 2 heterocycles. The predicted molar refractivity (Wildman–Crippen MR) is 86.8 cm³/mol. The molecule has 2 aromatic heterocycles. The van der Waals surface area contributed by atoms with E-state index in [4.69, 9.17) is 5.73 Å². The molecule has 7 nitrogen and oxygen atoms in total. The summed E-state index contributed by atoms with van der Waals surface area (Å²) in [7, 11) is 1.74. The number of aryl methyl sites for hydroxylation is 1. The maximum Gasteiger partial charge on any atom is 0.265 e. The molecule has 0 aliphatic carbocycles. The Kier molecular flexibility index (Phi) is 3.53. The number of rotatable bonds is 3. The normalized spacial score (nSPS) is 10.7. The average molecular weight is 309 g/mol. The highest BCUT2D eigenvalue weighted by Crippen LogP contribution is 2.28. The van der Waals surface area contributed by atoms with Crippen molar-refractivity contribution in [1.29, 1.82) is 0 Å². The minimum atomic E-state index is -0.516. The number of fused-ring (bicyclic) bond motifs is 1. The highest BCUT2D eigenvalue weighted by Gasteiger charge is 2.15. The van der Waals surface area contributed by atoms with E-state index in [1.54, 1.807) is 29.8 Å². The van der Waals surface area contributed by atoms with Crippen LogP contribution < -0.4 is 11.1 Å². The van der Waals surface area contributed by atoms with Crippen LogP contribution in [0.25, 0.3) is 22.3 Å². The number of carbonyl (C=O) groups excluding carboxylic acids is 2. The molecule has 116 valence electrons. The summed E-state index contributed by atoms with van der Waals surface area (Å²) in [6.07, 6.45) is 1.45. The van der Waals surface area contributed by atoms with Crippen molar-refractivity contribution in [2.45, 2.75) is 6.92 Å². The van der Waals surface area contributed by atoms with E-state index in [2.05, 4.69) is 15.3 Å². The zero-order chi connectivity index (χ0) is 16.6. The standard InChI is InChI=1S/C16H15N5O2/c1-9(22)20-11-5-3-10(4-6-11)14-12-7-13(15(17)23)21(2)16(12)19-8-18-14/h3-8H,1-2H3,(H2,17,23)(H,20,22). The molecule has 3 aromatic rings. The third-order valence-corrected chi connectivity index (χ3v) is 3.55. The van der Waals surface area contributed by atoms with Crippen LogP contribution in [0.2, 0.25) is 0 Å². The third-order valence-electron chi connectivity index (χ3n) is 3.55. The molecule has 7 heteroatoms. The highest BCUT2D eigenvalue weighted by atomic mass is 16.1. The third kappa shape index (κ3) is 2.64. The van der Waals surface area contributed by atoms with Gasteiger partial charge >= 0.3 is 0 Å². The molecule has 1 aromatic carbocycles. The molecule has 3 rings (SSSR count). The maximum absolute atomic E-state index is 11.5. The summed E-state index contributed by atoms with van der Waals surface area (Å²) in [4.78, 5) is 31.1. The van der Waals surface area contributed by atoms with Crippen LogP contribution in [0.4, 0.5) is 5.69 Å². The summed E-state index contributed by atoms with van der Waals surface area (Å²) in [6.45, 7) is 1.46. The Balaban J connectivity index is 2.11. The van der Waals surface area contributed by atoms with Crippen molar-refractivity contribution in [3.63, 3.8) is 0 Å². The van der Waals surface area contributed by atoms with E-state index in [0.29, 0.717) is 22.7 Å². The monoisotopic (exact) mass is 309 g/mol. The lowest BCUT2D eigenvalue weighted by Crippen LogP contribution is -2.15. The van der Waals surface area contributed by atoms with Crippen LogP contribution >= 0.6 is 0 Å². The van der Waals surface area contributed by atoms with Crippen LogP contribution in [0.1, 0.15) is 17.4 Å². The summed E-state index contributed by atoms with van der Waals surface area (Å²) in [5.74, 6) is -0.645. The van der Waals surface area contributed by atoms with Crippen LogP contribution in [-0.2, 0) is 11.8 Å². The summed E-state index contributed by atoms with van der Waals surface area (Å²) < 4.78 is 1.65. The molecule has 23 heavy (non-hydrogen) atoms. The number of hydrogen-bond donors (Lipinski definition) is 2. The Morgan fingerprint density at radius 2 is 1.87 bits per heavy atom. The van der Waals surface area contributed by atoms with Crippen molar-refractivity contribution in [2.24, 2.45) is 12.8 Å². The lowest BCUT2D eigenvalue weighted by molar-refractivity contribution is -0.114. The van der Waals surface area contributed by atoms with Gasteiger partial charge in [-0.25, -0.2) is 9.97 Å². The van der Waals surface area contributed by atoms with E-state index < -0.39 is 5.91 Å². The lowest BCUT2D eigenvalue weighted by atomic mass is 10.1. The van der Waals surface area contributed by atoms with Gasteiger partial charge in [0.05, 0.1) is 5.69 Å². The van der Waals surface area contributed by atoms with Crippen LogP contribution in [0, 0.1) is 0 Å².